The normalized spacial score (nSPS) is 11.4. The van der Waals surface area contributed by atoms with Crippen LogP contribution in [0.4, 0.5) is 5.69 Å². The van der Waals surface area contributed by atoms with Crippen molar-refractivity contribution in [3.05, 3.63) is 114 Å². The molecule has 242 valence electrons. The second-order valence-corrected chi connectivity index (χ2v) is 13.4. The molecule has 8 nitrogen and oxygen atoms in total. The highest BCUT2D eigenvalue weighted by molar-refractivity contribution is 7.98. The summed E-state index contributed by atoms with van der Waals surface area (Å²) in [6.07, 6.45) is 10.2. The van der Waals surface area contributed by atoms with Gasteiger partial charge in [-0.25, -0.2) is 18.2 Å². The van der Waals surface area contributed by atoms with Crippen molar-refractivity contribution in [1.29, 1.82) is 0 Å². The molecule has 1 aromatic heterocycles. The molecule has 0 aliphatic heterocycles. The van der Waals surface area contributed by atoms with Gasteiger partial charge in [0.15, 0.2) is 0 Å². The Morgan fingerprint density at radius 2 is 1.63 bits per heavy atom. The highest BCUT2D eigenvalue weighted by atomic mass is 32.2. The number of carbonyl (C=O) groups is 1. The lowest BCUT2D eigenvalue weighted by Gasteiger charge is -2.11. The predicted octanol–water partition coefficient (Wildman–Crippen LogP) is 8.24. The first-order chi connectivity index (χ1) is 22.3. The van der Waals surface area contributed by atoms with Gasteiger partial charge in [-0.2, -0.15) is 0 Å². The van der Waals surface area contributed by atoms with Crippen molar-refractivity contribution < 1.29 is 27.8 Å². The van der Waals surface area contributed by atoms with Crippen molar-refractivity contribution >= 4 is 39.5 Å². The van der Waals surface area contributed by atoms with Crippen LogP contribution in [0.2, 0.25) is 0 Å². The molecule has 4 rings (SSSR count). The Hall–Kier alpha value is -4.28. The maximum atomic E-state index is 12.7. The van der Waals surface area contributed by atoms with Gasteiger partial charge in [-0.05, 0) is 85.5 Å². The molecule has 2 N–H and O–H groups in total. The number of nitrogens with zero attached hydrogens (tertiary/aromatic N) is 1. The van der Waals surface area contributed by atoms with Crippen molar-refractivity contribution in [2.45, 2.75) is 60.5 Å². The summed E-state index contributed by atoms with van der Waals surface area (Å²) in [5.41, 5.74) is 3.00. The van der Waals surface area contributed by atoms with E-state index in [1.807, 2.05) is 30.3 Å². The number of methoxy groups -OCH3 is 1. The van der Waals surface area contributed by atoms with Crippen LogP contribution in [0, 0.1) is 0 Å². The molecule has 46 heavy (non-hydrogen) atoms. The quantitative estimate of drug-likeness (QED) is 0.0587. The van der Waals surface area contributed by atoms with Crippen LogP contribution in [0.15, 0.2) is 107 Å². The van der Waals surface area contributed by atoms with Gasteiger partial charge in [0.05, 0.1) is 24.3 Å². The molecule has 0 amide bonds. The number of unbranched alkanes of at least 4 members (excludes halogenated alkanes) is 5. The average Bonchev–Trinajstić information content (AvgIpc) is 3.06. The highest BCUT2D eigenvalue weighted by Gasteiger charge is 2.14. The zero-order chi connectivity index (χ0) is 32.6. The maximum Gasteiger partial charge on any atom is 0.328 e. The number of aromatic nitrogens is 1. The number of thioether (sulfide) groups is 1. The largest absolute Gasteiger partial charge is 0.497 e. The van der Waals surface area contributed by atoms with E-state index in [1.165, 1.54) is 36.2 Å². The van der Waals surface area contributed by atoms with Gasteiger partial charge in [-0.3, -0.25) is 4.72 Å². The monoisotopic (exact) mass is 660 g/mol. The smallest absolute Gasteiger partial charge is 0.328 e. The molecule has 0 aliphatic rings. The van der Waals surface area contributed by atoms with E-state index in [4.69, 9.17) is 9.47 Å². The van der Waals surface area contributed by atoms with Crippen molar-refractivity contribution in [1.82, 2.24) is 4.98 Å². The number of ether oxygens (including phenoxy) is 2. The number of aryl methyl sites for hydroxylation is 1. The Balaban J connectivity index is 1.23. The van der Waals surface area contributed by atoms with Gasteiger partial charge in [0, 0.05) is 22.4 Å². The zero-order valence-electron chi connectivity index (χ0n) is 25.9. The molecule has 0 radical (unpaired) electrons. The Morgan fingerprint density at radius 3 is 2.37 bits per heavy atom. The van der Waals surface area contributed by atoms with Gasteiger partial charge in [0.1, 0.15) is 17.2 Å². The molecule has 4 aromatic rings. The Bertz CT molecular complexity index is 1680. The minimum Gasteiger partial charge on any atom is -0.497 e. The summed E-state index contributed by atoms with van der Waals surface area (Å²) in [6, 6.07) is 27.3. The molecule has 10 heteroatoms. The van der Waals surface area contributed by atoms with Crippen molar-refractivity contribution in [3.63, 3.8) is 0 Å². The van der Waals surface area contributed by atoms with E-state index >= 15 is 0 Å². The number of sulfonamides is 1. The van der Waals surface area contributed by atoms with Crippen LogP contribution in [-0.4, -0.2) is 38.2 Å². The molecular weight excluding hydrogens is 621 g/mol. The molecule has 0 atom stereocenters. The molecule has 0 unspecified atom stereocenters. The van der Waals surface area contributed by atoms with E-state index in [0.29, 0.717) is 29.5 Å². The third kappa shape index (κ3) is 11.6. The number of rotatable bonds is 19. The first-order valence-corrected chi connectivity index (χ1v) is 17.8. The molecule has 3 aromatic carbocycles. The van der Waals surface area contributed by atoms with Gasteiger partial charge >= 0.3 is 5.97 Å². The Kier molecular flexibility index (Phi) is 13.5. The van der Waals surface area contributed by atoms with Gasteiger partial charge < -0.3 is 14.6 Å². The van der Waals surface area contributed by atoms with Gasteiger partial charge in [0.25, 0.3) is 10.0 Å². The van der Waals surface area contributed by atoms with Crippen molar-refractivity contribution in [2.75, 3.05) is 18.4 Å². The summed E-state index contributed by atoms with van der Waals surface area (Å²) < 4.78 is 39.3. The zero-order valence-corrected chi connectivity index (χ0v) is 27.6. The summed E-state index contributed by atoms with van der Waals surface area (Å²) in [6.45, 7) is 0.529. The third-order valence-corrected chi connectivity index (χ3v) is 9.55. The number of carboxylic acid groups (broad SMARTS) is 1. The van der Waals surface area contributed by atoms with E-state index in [9.17, 15) is 18.3 Å². The molecule has 1 heterocycles. The fraction of sp³-hybridized carbons (Fsp3) is 0.278. The summed E-state index contributed by atoms with van der Waals surface area (Å²) >= 11 is 1.50. The number of nitrogens with one attached hydrogen (secondary N) is 1. The van der Waals surface area contributed by atoms with E-state index in [1.54, 1.807) is 55.6 Å². The minimum absolute atomic E-state index is 0.193. The standard InChI is InChI=1S/C36H40N2O6S2/c1-43-31-20-17-28(18-21-31)12-7-4-2-3-5-10-25-44-35-23-19-30(37-34(35)22-24-36(39)40)27-45-32-14-11-13-29(26-32)38-46(41,42)33-15-8-6-9-16-33/h6,8-9,11,13-24,26,38H,2-5,7,10,12,25,27H2,1H3,(H,39,40). The minimum atomic E-state index is -3.69. The fourth-order valence-corrected chi connectivity index (χ4v) is 6.64. The number of pyridine rings is 1. The van der Waals surface area contributed by atoms with Gasteiger partial charge in [0.2, 0.25) is 0 Å². The highest BCUT2D eigenvalue weighted by Crippen LogP contribution is 2.28. The van der Waals surface area contributed by atoms with Gasteiger partial charge in [-0.1, -0.05) is 62.1 Å². The fourth-order valence-electron chi connectivity index (χ4n) is 4.71. The number of hydrogen-bond donors (Lipinski definition) is 2. The molecule has 0 spiro atoms. The first kappa shape index (κ1) is 34.6. The number of benzene rings is 3. The average molecular weight is 661 g/mol. The molecular formula is C36H40N2O6S2. The van der Waals surface area contributed by atoms with Gasteiger partial charge in [-0.15, -0.1) is 11.8 Å². The van der Waals surface area contributed by atoms with Crippen molar-refractivity contribution in [2.24, 2.45) is 0 Å². The number of aliphatic carboxylic acids is 1. The lowest BCUT2D eigenvalue weighted by Crippen LogP contribution is -2.12. The van der Waals surface area contributed by atoms with E-state index in [2.05, 4.69) is 21.8 Å². The Morgan fingerprint density at radius 1 is 0.891 bits per heavy atom. The van der Waals surface area contributed by atoms with E-state index in [0.717, 1.165) is 54.5 Å². The van der Waals surface area contributed by atoms with E-state index < -0.39 is 16.0 Å². The second kappa shape index (κ2) is 18.0. The lowest BCUT2D eigenvalue weighted by atomic mass is 10.0. The molecule has 0 bridgehead atoms. The summed E-state index contributed by atoms with van der Waals surface area (Å²) in [7, 11) is -2.02. The van der Waals surface area contributed by atoms with Crippen LogP contribution in [0.1, 0.15) is 55.5 Å². The summed E-state index contributed by atoms with van der Waals surface area (Å²) in [5, 5.41) is 9.17. The van der Waals surface area contributed by atoms with Crippen LogP contribution in [0.25, 0.3) is 6.08 Å². The van der Waals surface area contributed by atoms with Crippen LogP contribution >= 0.6 is 11.8 Å². The molecule has 0 saturated carbocycles. The number of hydrogen-bond acceptors (Lipinski definition) is 7. The topological polar surface area (TPSA) is 115 Å². The Labute approximate surface area is 275 Å². The molecule has 0 aliphatic carbocycles. The van der Waals surface area contributed by atoms with Crippen LogP contribution < -0.4 is 14.2 Å². The van der Waals surface area contributed by atoms with Crippen LogP contribution in [0.5, 0.6) is 11.5 Å². The second-order valence-electron chi connectivity index (χ2n) is 10.7. The first-order valence-electron chi connectivity index (χ1n) is 15.3. The van der Waals surface area contributed by atoms with Crippen LogP contribution in [0.3, 0.4) is 0 Å². The van der Waals surface area contributed by atoms with Crippen LogP contribution in [-0.2, 0) is 27.0 Å². The van der Waals surface area contributed by atoms with Crippen molar-refractivity contribution in [3.8, 4) is 11.5 Å². The number of anilines is 1. The maximum absolute atomic E-state index is 12.7. The molecule has 0 saturated heterocycles. The predicted molar refractivity (Wildman–Crippen MR) is 184 cm³/mol. The lowest BCUT2D eigenvalue weighted by molar-refractivity contribution is -0.131. The van der Waals surface area contributed by atoms with E-state index in [-0.39, 0.29) is 4.90 Å². The third-order valence-electron chi connectivity index (χ3n) is 7.13. The summed E-state index contributed by atoms with van der Waals surface area (Å²) in [4.78, 5) is 16.9. The molecule has 0 fully saturated rings. The summed E-state index contributed by atoms with van der Waals surface area (Å²) in [5.74, 6) is 0.869. The number of carboxylic acids is 1. The SMILES string of the molecule is COc1ccc(CCCCCCCCOc2ccc(CSc3cccc(NS(=O)(=O)c4ccccc4)c3)nc2C=CC(=O)O)cc1.